The standard InChI is InChI=1S/C15H22N2/c1-2-4-13(5-3-1)11-17-9-7-14-6-8-16-10-15(14)12-17/h1-5,14-16H,6-12H2/t14-,15+/m1/s1. The van der Waals surface area contributed by atoms with Gasteiger partial charge in [0.2, 0.25) is 0 Å². The summed E-state index contributed by atoms with van der Waals surface area (Å²) in [7, 11) is 0. The quantitative estimate of drug-likeness (QED) is 0.837. The normalized spacial score (nSPS) is 29.9. The lowest BCUT2D eigenvalue weighted by molar-refractivity contribution is 0.0909. The average molecular weight is 230 g/mol. The number of hydrogen-bond donors (Lipinski definition) is 1. The lowest BCUT2D eigenvalue weighted by Gasteiger charge is -2.41. The first-order valence-electron chi connectivity index (χ1n) is 6.89. The molecule has 2 aliphatic rings. The Kier molecular flexibility index (Phi) is 3.44. The van der Waals surface area contributed by atoms with E-state index in [0.717, 1.165) is 18.4 Å². The van der Waals surface area contributed by atoms with Gasteiger partial charge in [0.1, 0.15) is 0 Å². The summed E-state index contributed by atoms with van der Waals surface area (Å²) in [4.78, 5) is 2.63. The van der Waals surface area contributed by atoms with Gasteiger partial charge in [0, 0.05) is 13.1 Å². The summed E-state index contributed by atoms with van der Waals surface area (Å²) >= 11 is 0. The van der Waals surface area contributed by atoms with Gasteiger partial charge in [-0.3, -0.25) is 4.90 Å². The largest absolute Gasteiger partial charge is 0.316 e. The molecular formula is C15H22N2. The third-order valence-corrected chi connectivity index (χ3v) is 4.32. The summed E-state index contributed by atoms with van der Waals surface area (Å²) in [6.07, 6.45) is 2.79. The Morgan fingerprint density at radius 1 is 1.12 bits per heavy atom. The van der Waals surface area contributed by atoms with Gasteiger partial charge < -0.3 is 5.32 Å². The predicted molar refractivity (Wildman–Crippen MR) is 70.8 cm³/mol. The number of fused-ring (bicyclic) bond motifs is 1. The summed E-state index contributed by atoms with van der Waals surface area (Å²) in [5.41, 5.74) is 1.45. The van der Waals surface area contributed by atoms with Crippen LogP contribution in [0.5, 0.6) is 0 Å². The Morgan fingerprint density at radius 3 is 2.88 bits per heavy atom. The zero-order valence-corrected chi connectivity index (χ0v) is 10.4. The average Bonchev–Trinajstić information content (AvgIpc) is 2.40. The summed E-state index contributed by atoms with van der Waals surface area (Å²) in [5.74, 6) is 1.88. The fraction of sp³-hybridized carbons (Fsp3) is 0.600. The lowest BCUT2D eigenvalue weighted by Crippen LogP contribution is -2.48. The first-order chi connectivity index (χ1) is 8.42. The molecule has 0 amide bonds. The van der Waals surface area contributed by atoms with Crippen LogP contribution < -0.4 is 5.32 Å². The van der Waals surface area contributed by atoms with Crippen molar-refractivity contribution in [2.75, 3.05) is 26.2 Å². The first kappa shape index (κ1) is 11.2. The van der Waals surface area contributed by atoms with E-state index in [1.54, 1.807) is 0 Å². The van der Waals surface area contributed by atoms with Crippen LogP contribution in [-0.4, -0.2) is 31.1 Å². The second-order valence-electron chi connectivity index (χ2n) is 5.52. The monoisotopic (exact) mass is 230 g/mol. The third kappa shape index (κ3) is 2.70. The van der Waals surface area contributed by atoms with E-state index >= 15 is 0 Å². The van der Waals surface area contributed by atoms with Gasteiger partial charge in [-0.25, -0.2) is 0 Å². The second-order valence-corrected chi connectivity index (χ2v) is 5.52. The number of piperidine rings is 2. The number of rotatable bonds is 2. The fourth-order valence-electron chi connectivity index (χ4n) is 3.33. The zero-order valence-electron chi connectivity index (χ0n) is 10.4. The minimum Gasteiger partial charge on any atom is -0.316 e. The molecule has 17 heavy (non-hydrogen) atoms. The first-order valence-corrected chi connectivity index (χ1v) is 6.89. The maximum absolute atomic E-state index is 3.54. The topological polar surface area (TPSA) is 15.3 Å². The van der Waals surface area contributed by atoms with Gasteiger partial charge in [-0.2, -0.15) is 0 Å². The molecule has 2 aliphatic heterocycles. The van der Waals surface area contributed by atoms with Gasteiger partial charge in [-0.05, 0) is 49.9 Å². The highest BCUT2D eigenvalue weighted by atomic mass is 15.1. The molecular weight excluding hydrogens is 208 g/mol. The van der Waals surface area contributed by atoms with Crippen LogP contribution in [0, 0.1) is 11.8 Å². The molecule has 0 bridgehead atoms. The van der Waals surface area contributed by atoms with Crippen molar-refractivity contribution >= 4 is 0 Å². The molecule has 3 rings (SSSR count). The van der Waals surface area contributed by atoms with E-state index in [-0.39, 0.29) is 0 Å². The van der Waals surface area contributed by atoms with E-state index in [0.29, 0.717) is 0 Å². The molecule has 2 nitrogen and oxygen atoms in total. The Labute approximate surface area is 104 Å². The molecule has 0 unspecified atom stereocenters. The van der Waals surface area contributed by atoms with E-state index in [4.69, 9.17) is 0 Å². The smallest absolute Gasteiger partial charge is 0.0233 e. The van der Waals surface area contributed by atoms with Crippen LogP contribution in [-0.2, 0) is 6.54 Å². The Hall–Kier alpha value is -0.860. The van der Waals surface area contributed by atoms with Crippen LogP contribution >= 0.6 is 0 Å². The Balaban J connectivity index is 1.59. The molecule has 92 valence electrons. The van der Waals surface area contributed by atoms with Gasteiger partial charge in [0.25, 0.3) is 0 Å². The van der Waals surface area contributed by atoms with Crippen molar-refractivity contribution in [1.82, 2.24) is 10.2 Å². The summed E-state index contributed by atoms with van der Waals surface area (Å²) in [6, 6.07) is 10.9. The van der Waals surface area contributed by atoms with E-state index in [9.17, 15) is 0 Å². The van der Waals surface area contributed by atoms with Gasteiger partial charge in [0.05, 0.1) is 0 Å². The van der Waals surface area contributed by atoms with Crippen molar-refractivity contribution in [2.24, 2.45) is 11.8 Å². The maximum atomic E-state index is 3.54. The van der Waals surface area contributed by atoms with Crippen molar-refractivity contribution in [3.8, 4) is 0 Å². The Morgan fingerprint density at radius 2 is 2.00 bits per heavy atom. The van der Waals surface area contributed by atoms with Crippen LogP contribution in [0.1, 0.15) is 18.4 Å². The van der Waals surface area contributed by atoms with Crippen LogP contribution in [0.15, 0.2) is 30.3 Å². The highest BCUT2D eigenvalue weighted by molar-refractivity contribution is 5.14. The Bertz CT molecular complexity index is 349. The predicted octanol–water partition coefficient (Wildman–Crippen LogP) is 2.12. The highest BCUT2D eigenvalue weighted by Gasteiger charge is 2.30. The van der Waals surface area contributed by atoms with Gasteiger partial charge in [-0.15, -0.1) is 0 Å². The molecule has 2 saturated heterocycles. The molecule has 2 heterocycles. The van der Waals surface area contributed by atoms with Gasteiger partial charge in [0.15, 0.2) is 0 Å². The molecule has 2 fully saturated rings. The molecule has 1 aromatic carbocycles. The number of hydrogen-bond acceptors (Lipinski definition) is 2. The van der Waals surface area contributed by atoms with Crippen molar-refractivity contribution < 1.29 is 0 Å². The molecule has 2 heteroatoms. The van der Waals surface area contributed by atoms with E-state index in [1.165, 1.54) is 44.6 Å². The number of nitrogens with zero attached hydrogens (tertiary/aromatic N) is 1. The van der Waals surface area contributed by atoms with Gasteiger partial charge >= 0.3 is 0 Å². The molecule has 0 radical (unpaired) electrons. The van der Waals surface area contributed by atoms with Crippen molar-refractivity contribution in [3.05, 3.63) is 35.9 Å². The van der Waals surface area contributed by atoms with Crippen molar-refractivity contribution in [1.29, 1.82) is 0 Å². The van der Waals surface area contributed by atoms with Crippen LogP contribution in [0.25, 0.3) is 0 Å². The molecule has 0 aliphatic carbocycles. The van der Waals surface area contributed by atoms with Crippen molar-refractivity contribution in [3.63, 3.8) is 0 Å². The SMILES string of the molecule is c1ccc(CN2CC[C@H]3CCNC[C@H]3C2)cc1. The van der Waals surface area contributed by atoms with Crippen LogP contribution in [0.3, 0.4) is 0 Å². The van der Waals surface area contributed by atoms with E-state index < -0.39 is 0 Å². The maximum Gasteiger partial charge on any atom is 0.0233 e. The molecule has 1 aromatic rings. The molecule has 0 spiro atoms. The number of likely N-dealkylation sites (tertiary alicyclic amines) is 1. The summed E-state index contributed by atoms with van der Waals surface area (Å²) in [6.45, 7) is 6.17. The molecule has 0 aromatic heterocycles. The molecule has 1 N–H and O–H groups in total. The molecule has 0 saturated carbocycles. The molecule has 2 atom stereocenters. The third-order valence-electron chi connectivity index (χ3n) is 4.32. The minimum atomic E-state index is 0.890. The highest BCUT2D eigenvalue weighted by Crippen LogP contribution is 2.28. The number of benzene rings is 1. The lowest BCUT2D eigenvalue weighted by atomic mass is 9.81. The van der Waals surface area contributed by atoms with Crippen molar-refractivity contribution in [2.45, 2.75) is 19.4 Å². The van der Waals surface area contributed by atoms with E-state index in [2.05, 4.69) is 40.5 Å². The zero-order chi connectivity index (χ0) is 11.5. The van der Waals surface area contributed by atoms with Gasteiger partial charge in [-0.1, -0.05) is 30.3 Å². The number of nitrogens with one attached hydrogen (secondary N) is 1. The fourth-order valence-corrected chi connectivity index (χ4v) is 3.33. The van der Waals surface area contributed by atoms with Crippen LogP contribution in [0.2, 0.25) is 0 Å². The minimum absolute atomic E-state index is 0.890. The summed E-state index contributed by atoms with van der Waals surface area (Å²) < 4.78 is 0. The van der Waals surface area contributed by atoms with Crippen LogP contribution in [0.4, 0.5) is 0 Å². The second kappa shape index (κ2) is 5.19. The summed E-state index contributed by atoms with van der Waals surface area (Å²) in [5, 5.41) is 3.54. The van der Waals surface area contributed by atoms with E-state index in [1.807, 2.05) is 0 Å².